The van der Waals surface area contributed by atoms with Gasteiger partial charge in [0.1, 0.15) is 39.6 Å². The summed E-state index contributed by atoms with van der Waals surface area (Å²) in [5.41, 5.74) is 26.7. The Labute approximate surface area is 873 Å². The maximum absolute atomic E-state index is 12.8. The zero-order valence-corrected chi connectivity index (χ0v) is 90.4. The first kappa shape index (κ1) is 105. The van der Waals surface area contributed by atoms with Crippen LogP contribution in [0.4, 0.5) is 0 Å². The zero-order valence-electron chi connectivity index (χ0n) is 83.8. The monoisotopic (exact) mass is 2130 g/mol. The number of aryl methyl sites for hydroxylation is 8. The highest BCUT2D eigenvalue weighted by atomic mass is 35.5. The molecule has 20 rings (SSSR count). The molecule has 12 aromatic heterocycles. The van der Waals surface area contributed by atoms with Gasteiger partial charge in [-0.15, -0.1) is 0 Å². The average molecular weight is 2130 g/mol. The van der Waals surface area contributed by atoms with Gasteiger partial charge in [-0.2, -0.15) is 0 Å². The van der Waals surface area contributed by atoms with E-state index in [0.29, 0.717) is 103 Å². The van der Waals surface area contributed by atoms with Crippen molar-refractivity contribution in [3.05, 3.63) is 446 Å². The maximum atomic E-state index is 12.8. The number of aliphatic hydroxyl groups is 2. The van der Waals surface area contributed by atoms with Crippen molar-refractivity contribution in [2.24, 2.45) is 67.8 Å². The first-order chi connectivity index (χ1) is 70.0. The number of pyridine rings is 8. The van der Waals surface area contributed by atoms with Gasteiger partial charge in [-0.3, -0.25) is 39.1 Å². The lowest BCUT2D eigenvalue weighted by molar-refractivity contribution is 0.117. The normalized spacial score (nSPS) is 13.6. The second-order valence-electron chi connectivity index (χ2n) is 38.4. The van der Waals surface area contributed by atoms with Gasteiger partial charge in [0.05, 0.1) is 117 Å². The lowest BCUT2D eigenvalue weighted by atomic mass is 9.80. The number of imidazole rings is 4. The van der Waals surface area contributed by atoms with E-state index in [2.05, 4.69) is 39.9 Å². The van der Waals surface area contributed by atoms with E-state index in [1.807, 2.05) is 176 Å². The molecular formula is C112H106Cl4N18O10P4. The van der Waals surface area contributed by atoms with Crippen LogP contribution >= 0.6 is 75.0 Å². The van der Waals surface area contributed by atoms with Gasteiger partial charge >= 0.3 is 0 Å². The molecule has 752 valence electrons. The van der Waals surface area contributed by atoms with Crippen molar-refractivity contribution in [1.29, 1.82) is 0 Å². The van der Waals surface area contributed by atoms with Crippen LogP contribution in [0, 0.1) is 0 Å². The number of benzene rings is 8. The smallest absolute Gasteiger partial charge is 0.251 e. The van der Waals surface area contributed by atoms with Crippen LogP contribution in [0.15, 0.2) is 337 Å². The van der Waals surface area contributed by atoms with E-state index in [1.54, 1.807) is 282 Å². The lowest BCUT2D eigenvalue weighted by Gasteiger charge is -2.32. The molecular weight excluding hydrogens is 2020 g/mol. The van der Waals surface area contributed by atoms with Crippen molar-refractivity contribution >= 4 is 140 Å². The average Bonchev–Trinajstić information content (AvgIpc) is 1.74. The van der Waals surface area contributed by atoms with Gasteiger partial charge in [0, 0.05) is 175 Å². The Morgan fingerprint density at radius 1 is 0.284 bits per heavy atom. The fourth-order valence-electron chi connectivity index (χ4n) is 18.8. The molecule has 0 aliphatic heterocycles. The highest BCUT2D eigenvalue weighted by Gasteiger charge is 2.42. The summed E-state index contributed by atoms with van der Waals surface area (Å²) in [5, 5.41) is 31.1. The summed E-state index contributed by atoms with van der Waals surface area (Å²) in [6.45, 7) is 13.5. The minimum absolute atomic E-state index is 0.111. The van der Waals surface area contributed by atoms with Gasteiger partial charge in [-0.25, -0.2) is 19.9 Å². The third-order valence-corrected chi connectivity index (χ3v) is 33.7. The molecule has 0 aliphatic carbocycles. The van der Waals surface area contributed by atoms with E-state index >= 15 is 0 Å². The van der Waals surface area contributed by atoms with Gasteiger partial charge < -0.3 is 76.5 Å². The second kappa shape index (κ2) is 40.9. The maximum Gasteiger partial charge on any atom is 0.251 e. The van der Waals surface area contributed by atoms with Crippen molar-refractivity contribution in [2.75, 3.05) is 53.3 Å². The molecule has 4 atom stereocenters. The van der Waals surface area contributed by atoms with Crippen LogP contribution in [0.1, 0.15) is 67.3 Å². The Hall–Kier alpha value is -14.0. The number of aromatic nitrogens is 16. The third-order valence-electron chi connectivity index (χ3n) is 27.1. The minimum atomic E-state index is -2.58. The van der Waals surface area contributed by atoms with Crippen LogP contribution in [0.5, 0.6) is 0 Å². The van der Waals surface area contributed by atoms with E-state index in [1.165, 1.54) is 6.07 Å². The van der Waals surface area contributed by atoms with Crippen molar-refractivity contribution in [3.63, 3.8) is 0 Å². The molecule has 12 heterocycles. The molecule has 28 nitrogen and oxygen atoms in total. The van der Waals surface area contributed by atoms with Crippen LogP contribution in [0.2, 0.25) is 20.1 Å². The molecule has 0 saturated heterocycles. The van der Waals surface area contributed by atoms with Gasteiger partial charge in [-0.05, 0) is 230 Å². The van der Waals surface area contributed by atoms with Gasteiger partial charge in [0.15, 0.2) is 11.2 Å². The summed E-state index contributed by atoms with van der Waals surface area (Å²) in [4.78, 5) is 86.1. The highest BCUT2D eigenvalue weighted by molar-refractivity contribution is 7.70. The third kappa shape index (κ3) is 20.3. The number of halogens is 4. The molecule has 0 aliphatic rings. The molecule has 8 aromatic carbocycles. The summed E-state index contributed by atoms with van der Waals surface area (Å²) in [5.74, 6) is 0. The summed E-state index contributed by atoms with van der Waals surface area (Å²) >= 11 is 25.1. The van der Waals surface area contributed by atoms with Crippen molar-refractivity contribution in [1.82, 2.24) is 76.4 Å². The second-order valence-corrected chi connectivity index (χ2v) is 52.8. The van der Waals surface area contributed by atoms with E-state index in [-0.39, 0.29) is 22.2 Å². The van der Waals surface area contributed by atoms with Crippen LogP contribution in [-0.2, 0) is 96.9 Å². The SMILES string of the molecule is Cn1cncc1C(N)(c1ccc(P(C)(C)=O)cc1)c1ccc2c(c1)c(-c1cccc(Cl)c1)cc(=O)n2C.Cn1cncc1C(N)(c1ccc(P(C)(C)=O)nc1)c1ccc2c(c1)c(-c1cccc(Cl)c1)cc(=O)n2C.Cn1cncc1C(O)(c1ccc(P(C)(C)=O)nc1)c1ccc2c(c1)c(-c1cc(Cl)ccn1)cc(=O)n2C.Cn1cncc1C(O)(c1ccc(P(C)(C)=O)nc1)c1ccc2c(c1)c(-c1cccc(Cl)c1)cc(=O)n2C. The summed E-state index contributed by atoms with van der Waals surface area (Å²) < 4.78 is 64.0. The van der Waals surface area contributed by atoms with Crippen LogP contribution in [0.25, 0.3) is 88.2 Å². The fraction of sp³-hybridized carbons (Fsp3) is 0.179. The van der Waals surface area contributed by atoms with Crippen molar-refractivity contribution in [2.45, 2.75) is 22.3 Å². The number of nitrogens with zero attached hydrogens (tertiary/aromatic N) is 16. The Morgan fingerprint density at radius 3 is 0.865 bits per heavy atom. The molecule has 0 radical (unpaired) electrons. The summed E-state index contributed by atoms with van der Waals surface area (Å²) in [6, 6.07) is 72.8. The molecule has 0 spiro atoms. The molecule has 148 heavy (non-hydrogen) atoms. The number of fused-ring (bicyclic) bond motifs is 4. The summed E-state index contributed by atoms with van der Waals surface area (Å²) in [6.07, 6.45) is 19.8. The molecule has 36 heteroatoms. The highest BCUT2D eigenvalue weighted by Crippen LogP contribution is 2.47. The fourth-order valence-corrected chi connectivity index (χ4v) is 22.7. The number of hydrogen-bond acceptors (Lipinski definition) is 20. The van der Waals surface area contributed by atoms with Crippen LogP contribution < -0.4 is 55.3 Å². The first-order valence-electron chi connectivity index (χ1n) is 46.6. The minimum Gasteiger partial charge on any atom is -0.374 e. The van der Waals surface area contributed by atoms with Gasteiger partial charge in [0.25, 0.3) is 22.2 Å². The largest absolute Gasteiger partial charge is 0.374 e. The van der Waals surface area contributed by atoms with E-state index in [9.17, 15) is 47.7 Å². The van der Waals surface area contributed by atoms with Crippen molar-refractivity contribution in [3.8, 4) is 44.6 Å². The predicted molar refractivity (Wildman–Crippen MR) is 597 cm³/mol. The van der Waals surface area contributed by atoms with E-state index in [0.717, 1.165) is 94.0 Å². The van der Waals surface area contributed by atoms with Crippen LogP contribution in [-0.4, -0.2) is 140 Å². The first-order valence-corrected chi connectivity index (χ1v) is 58.5. The van der Waals surface area contributed by atoms with E-state index in [4.69, 9.17) is 57.9 Å². The molecule has 0 fully saturated rings. The van der Waals surface area contributed by atoms with Crippen LogP contribution in [0.3, 0.4) is 0 Å². The molecule has 0 amide bonds. The molecule has 0 bridgehead atoms. The molecule has 0 saturated carbocycles. The van der Waals surface area contributed by atoms with Gasteiger partial charge in [0.2, 0.25) is 0 Å². The number of rotatable bonds is 20. The Kier molecular flexibility index (Phi) is 29.1. The number of nitrogens with two attached hydrogens (primary N) is 2. The Morgan fingerprint density at radius 2 is 0.568 bits per heavy atom. The lowest BCUT2D eigenvalue weighted by Crippen LogP contribution is -2.41. The number of hydrogen-bond donors (Lipinski definition) is 4. The zero-order chi connectivity index (χ0) is 106. The quantitative estimate of drug-likeness (QED) is 0.0515. The van der Waals surface area contributed by atoms with Crippen molar-refractivity contribution < 1.29 is 28.5 Å². The topological polar surface area (TPSA) is 372 Å². The Balaban J connectivity index is 0.000000135. The predicted octanol–water partition coefficient (Wildman–Crippen LogP) is 18.0. The standard InChI is InChI=1S/C29H28ClN4O2P.C28H27ClN5O2P.C28H26ClN4O3P.C27H25ClN5O3P/c1-33-18-32-17-27(33)29(31,20-8-11-23(12-9-20)37(3,4)36)21-10-13-26-25(15-21)24(16-28(35)34(26)2)19-6-5-7-22(30)14-19;1-33-17-31-16-25(33)28(30,20-9-11-26(32-15-20)37(3,4)36)19-8-10-24-23(13-19)22(14-27(35)34(24)2)18-6-5-7-21(29)12-18;1-32-17-30-16-25(32)28(35,20-9-11-26(31-15-20)37(3,4)36)19-8-10-24-23(13-19)22(14-27(34)33(24)2)18-6-5-7-21(29)12-18;1-32-16-29-15-24(32)27(35,18-6-8-25(31-14-18)37(3,4)36)17-5-7-23-21(11-17)20(13-26(34)33(23)2)22-12-19(28)9-10-30-22/h5-18H,31H2,1-4H3;5-17H,30H2,1-4H3;5-17,35H,1-4H3;5-16,35H,1-4H3. The molecule has 4 unspecified atom stereocenters. The Bertz CT molecular complexity index is 8060. The molecule has 20 aromatic rings. The van der Waals surface area contributed by atoms with E-state index < -0.39 is 50.8 Å². The van der Waals surface area contributed by atoms with Gasteiger partial charge in [-0.1, -0.05) is 150 Å². The summed E-state index contributed by atoms with van der Waals surface area (Å²) in [7, 11) is 4.23. The molecule has 6 N–H and O–H groups in total.